The first-order chi connectivity index (χ1) is 10.5. The highest BCUT2D eigenvalue weighted by atomic mass is 32.2. The van der Waals surface area contributed by atoms with Crippen molar-refractivity contribution in [1.82, 2.24) is 4.83 Å². The van der Waals surface area contributed by atoms with Gasteiger partial charge in [0.1, 0.15) is 0 Å². The summed E-state index contributed by atoms with van der Waals surface area (Å²) in [6.45, 7) is 2.11. The zero-order valence-corrected chi connectivity index (χ0v) is 13.3. The highest BCUT2D eigenvalue weighted by Crippen LogP contribution is 2.10. The van der Waals surface area contributed by atoms with E-state index in [1.807, 2.05) is 37.3 Å². The van der Waals surface area contributed by atoms with Crippen molar-refractivity contribution in [1.29, 1.82) is 0 Å². The fraction of sp³-hybridized carbons (Fsp3) is 0.188. The molecule has 6 heteroatoms. The molecular weight excluding hydrogens is 300 g/mol. The molecule has 0 aliphatic carbocycles. The molecule has 5 nitrogen and oxygen atoms in total. The fourth-order valence-corrected chi connectivity index (χ4v) is 2.66. The largest absolute Gasteiger partial charge is 0.378 e. The Morgan fingerprint density at radius 2 is 1.73 bits per heavy atom. The Morgan fingerprint density at radius 3 is 2.32 bits per heavy atom. The Kier molecular flexibility index (Phi) is 5.30. The SMILES string of the molecule is COC/C(=N/NS(=O)(=O)c1ccc(C)cc1)c1ccccc1. The molecule has 0 amide bonds. The molecular formula is C16H18N2O3S. The molecule has 0 heterocycles. The smallest absolute Gasteiger partial charge is 0.276 e. The summed E-state index contributed by atoms with van der Waals surface area (Å²) in [6, 6.07) is 15.9. The maximum Gasteiger partial charge on any atom is 0.276 e. The number of hydrogen-bond donors (Lipinski definition) is 1. The molecule has 2 aromatic carbocycles. The van der Waals surface area contributed by atoms with Crippen LogP contribution in [0.1, 0.15) is 11.1 Å². The summed E-state index contributed by atoms with van der Waals surface area (Å²) in [5.41, 5.74) is 2.31. The van der Waals surface area contributed by atoms with Gasteiger partial charge in [0.15, 0.2) is 0 Å². The van der Waals surface area contributed by atoms with Crippen molar-refractivity contribution in [3.05, 3.63) is 65.7 Å². The number of hydrogen-bond acceptors (Lipinski definition) is 4. The second-order valence-corrected chi connectivity index (χ2v) is 6.43. The van der Waals surface area contributed by atoms with E-state index in [0.717, 1.165) is 11.1 Å². The molecule has 2 aromatic rings. The third-order valence-corrected chi connectivity index (χ3v) is 4.24. The van der Waals surface area contributed by atoms with Crippen LogP contribution in [0, 0.1) is 6.92 Å². The van der Waals surface area contributed by atoms with Gasteiger partial charge in [0.25, 0.3) is 10.0 Å². The number of hydrazone groups is 1. The number of benzene rings is 2. The summed E-state index contributed by atoms with van der Waals surface area (Å²) in [7, 11) is -2.16. The summed E-state index contributed by atoms with van der Waals surface area (Å²) < 4.78 is 29.5. The van der Waals surface area contributed by atoms with E-state index in [2.05, 4.69) is 9.93 Å². The molecule has 0 saturated heterocycles. The van der Waals surface area contributed by atoms with Crippen LogP contribution in [0.4, 0.5) is 0 Å². The Hall–Kier alpha value is -2.18. The van der Waals surface area contributed by atoms with Crippen molar-refractivity contribution in [3.8, 4) is 0 Å². The van der Waals surface area contributed by atoms with Crippen LogP contribution in [-0.2, 0) is 14.8 Å². The van der Waals surface area contributed by atoms with Crippen LogP contribution in [0.5, 0.6) is 0 Å². The summed E-state index contributed by atoms with van der Waals surface area (Å²) in [5, 5.41) is 4.01. The first-order valence-electron chi connectivity index (χ1n) is 6.72. The molecule has 116 valence electrons. The molecule has 0 bridgehead atoms. The van der Waals surface area contributed by atoms with Crippen molar-refractivity contribution < 1.29 is 13.2 Å². The van der Waals surface area contributed by atoms with E-state index in [1.54, 1.807) is 24.3 Å². The maximum atomic E-state index is 12.2. The van der Waals surface area contributed by atoms with E-state index >= 15 is 0 Å². The van der Waals surface area contributed by atoms with Gasteiger partial charge >= 0.3 is 0 Å². The molecule has 0 aromatic heterocycles. The van der Waals surface area contributed by atoms with Crippen LogP contribution < -0.4 is 4.83 Å². The lowest BCUT2D eigenvalue weighted by atomic mass is 10.1. The van der Waals surface area contributed by atoms with Crippen LogP contribution in [-0.4, -0.2) is 27.8 Å². The van der Waals surface area contributed by atoms with Crippen molar-refractivity contribution in [2.45, 2.75) is 11.8 Å². The summed E-state index contributed by atoms with van der Waals surface area (Å²) in [4.78, 5) is 2.43. The van der Waals surface area contributed by atoms with Crippen LogP contribution in [0.3, 0.4) is 0 Å². The van der Waals surface area contributed by atoms with Gasteiger partial charge in [-0.2, -0.15) is 18.4 Å². The number of methoxy groups -OCH3 is 1. The van der Waals surface area contributed by atoms with E-state index in [-0.39, 0.29) is 11.5 Å². The average Bonchev–Trinajstić information content (AvgIpc) is 2.53. The minimum absolute atomic E-state index is 0.173. The molecule has 0 aliphatic heterocycles. The normalized spacial score (nSPS) is 12.2. The van der Waals surface area contributed by atoms with Gasteiger partial charge < -0.3 is 4.74 Å². The molecule has 22 heavy (non-hydrogen) atoms. The minimum atomic E-state index is -3.69. The van der Waals surface area contributed by atoms with Gasteiger partial charge in [0.05, 0.1) is 17.2 Å². The Bertz CT molecular complexity index is 739. The quantitative estimate of drug-likeness (QED) is 0.656. The predicted molar refractivity (Wildman–Crippen MR) is 86.4 cm³/mol. The molecule has 2 rings (SSSR count). The molecule has 1 N–H and O–H groups in total. The minimum Gasteiger partial charge on any atom is -0.378 e. The topological polar surface area (TPSA) is 67.8 Å². The number of rotatable bonds is 6. The Balaban J connectivity index is 2.25. The Morgan fingerprint density at radius 1 is 1.09 bits per heavy atom. The lowest BCUT2D eigenvalue weighted by Gasteiger charge is -2.08. The maximum absolute atomic E-state index is 12.2. The van der Waals surface area contributed by atoms with Crippen molar-refractivity contribution in [3.63, 3.8) is 0 Å². The zero-order valence-electron chi connectivity index (χ0n) is 12.5. The molecule has 0 fully saturated rings. The van der Waals surface area contributed by atoms with Crippen LogP contribution in [0.25, 0.3) is 0 Å². The van der Waals surface area contributed by atoms with E-state index in [9.17, 15) is 8.42 Å². The van der Waals surface area contributed by atoms with Gasteiger partial charge in [-0.05, 0) is 19.1 Å². The first-order valence-corrected chi connectivity index (χ1v) is 8.20. The van der Waals surface area contributed by atoms with E-state index in [0.29, 0.717) is 5.71 Å². The van der Waals surface area contributed by atoms with Gasteiger partial charge in [0.2, 0.25) is 0 Å². The lowest BCUT2D eigenvalue weighted by molar-refractivity contribution is 0.245. The van der Waals surface area contributed by atoms with Gasteiger partial charge in [0, 0.05) is 12.7 Å². The third-order valence-electron chi connectivity index (χ3n) is 3.02. The third kappa shape index (κ3) is 4.16. The number of nitrogens with one attached hydrogen (secondary N) is 1. The van der Waals surface area contributed by atoms with Gasteiger partial charge in [-0.3, -0.25) is 0 Å². The summed E-state index contributed by atoms with van der Waals surface area (Å²) >= 11 is 0. The molecule has 0 atom stereocenters. The van der Waals surface area contributed by atoms with E-state index < -0.39 is 10.0 Å². The number of nitrogens with zero attached hydrogens (tertiary/aromatic N) is 1. The van der Waals surface area contributed by atoms with E-state index in [1.165, 1.54) is 7.11 Å². The number of ether oxygens (including phenoxy) is 1. The fourth-order valence-electron chi connectivity index (χ4n) is 1.83. The second kappa shape index (κ2) is 7.20. The van der Waals surface area contributed by atoms with Gasteiger partial charge in [-0.15, -0.1) is 0 Å². The van der Waals surface area contributed by atoms with Crippen LogP contribution >= 0.6 is 0 Å². The van der Waals surface area contributed by atoms with Crippen molar-refractivity contribution >= 4 is 15.7 Å². The van der Waals surface area contributed by atoms with Crippen LogP contribution in [0.2, 0.25) is 0 Å². The van der Waals surface area contributed by atoms with Gasteiger partial charge in [-0.25, -0.2) is 0 Å². The number of aryl methyl sites for hydroxylation is 1. The van der Waals surface area contributed by atoms with E-state index in [4.69, 9.17) is 4.74 Å². The van der Waals surface area contributed by atoms with Crippen molar-refractivity contribution in [2.24, 2.45) is 5.10 Å². The highest BCUT2D eigenvalue weighted by molar-refractivity contribution is 7.89. The molecule has 0 unspecified atom stereocenters. The zero-order chi connectivity index (χ0) is 16.0. The molecule has 0 radical (unpaired) electrons. The molecule has 0 aliphatic rings. The Labute approximate surface area is 130 Å². The standard InChI is InChI=1S/C16H18N2O3S/c1-13-8-10-15(11-9-13)22(19,20)18-17-16(12-21-2)14-6-4-3-5-7-14/h3-11,18H,12H2,1-2H3/b17-16-. The summed E-state index contributed by atoms with van der Waals surface area (Å²) in [6.07, 6.45) is 0. The second-order valence-electron chi connectivity index (χ2n) is 4.77. The average molecular weight is 318 g/mol. The van der Waals surface area contributed by atoms with Crippen LogP contribution in [0.15, 0.2) is 64.6 Å². The lowest BCUT2D eigenvalue weighted by Crippen LogP contribution is -2.22. The highest BCUT2D eigenvalue weighted by Gasteiger charge is 2.13. The molecule has 0 saturated carbocycles. The predicted octanol–water partition coefficient (Wildman–Crippen LogP) is 2.32. The summed E-state index contributed by atoms with van der Waals surface area (Å²) in [5.74, 6) is 0. The van der Waals surface area contributed by atoms with Crippen molar-refractivity contribution in [2.75, 3.05) is 13.7 Å². The first kappa shape index (κ1) is 16.2. The van der Waals surface area contributed by atoms with Gasteiger partial charge in [-0.1, -0.05) is 48.0 Å². The number of sulfonamides is 1. The molecule has 0 spiro atoms. The monoisotopic (exact) mass is 318 g/mol.